The molecule has 0 aromatic rings. The second-order valence-corrected chi connectivity index (χ2v) is 6.22. The zero-order chi connectivity index (χ0) is 25.8. The molecule has 0 N–H and O–H groups in total. The van der Waals surface area contributed by atoms with E-state index in [-0.39, 0.29) is 79.1 Å². The Balaban J connectivity index is -0.000000344. The van der Waals surface area contributed by atoms with Crippen molar-refractivity contribution in [1.29, 1.82) is 0 Å². The first-order valence-corrected chi connectivity index (χ1v) is 9.99. The molecular formula is C21H44N4O9Y-4. The molecule has 0 bridgehead atoms. The molecule has 1 radical (unpaired) electrons. The zero-order valence-corrected chi connectivity index (χ0v) is 25.4. The van der Waals surface area contributed by atoms with Crippen LogP contribution < -0.4 is 0 Å². The van der Waals surface area contributed by atoms with Crippen molar-refractivity contribution in [3.63, 3.8) is 0 Å². The van der Waals surface area contributed by atoms with E-state index in [1.807, 2.05) is 13.8 Å². The number of hydrogen-bond donors (Lipinski definition) is 0. The van der Waals surface area contributed by atoms with Gasteiger partial charge >= 0.3 is 12.1 Å². The number of methoxy groups -OCH3 is 5. The third-order valence-corrected chi connectivity index (χ3v) is 3.97. The molecule has 0 saturated carbocycles. The predicted octanol–water partition coefficient (Wildman–Crippen LogP) is 2.03. The third kappa shape index (κ3) is 13.5. The second kappa shape index (κ2) is 26.4. The molecule has 4 amide bonds. The zero-order valence-electron chi connectivity index (χ0n) is 22.6. The monoisotopic (exact) mass is 585 g/mol. The molecule has 2 fully saturated rings. The molecule has 0 aromatic carbocycles. The van der Waals surface area contributed by atoms with Gasteiger partial charge in [0.1, 0.15) is 26.9 Å². The van der Waals surface area contributed by atoms with E-state index in [0.29, 0.717) is 13.2 Å². The SMILES string of the molecule is CCOCN1C(=O)N(COC)C2C1N(COC)C(=O)N2COC.[CH2-]OC.[CH2-]OC.[CH2-]OCC.[CH3-].[Y]. The largest absolute Gasteiger partial charge is 0.557 e. The minimum Gasteiger partial charge on any atom is -0.557 e. The predicted molar refractivity (Wildman–Crippen MR) is 126 cm³/mol. The summed E-state index contributed by atoms with van der Waals surface area (Å²) in [5, 5.41) is 0. The summed E-state index contributed by atoms with van der Waals surface area (Å²) in [5.74, 6) is 0. The molecule has 2 aliphatic rings. The second-order valence-electron chi connectivity index (χ2n) is 6.22. The quantitative estimate of drug-likeness (QED) is 0.356. The Hall–Kier alpha value is -0.636. The van der Waals surface area contributed by atoms with Crippen molar-refractivity contribution in [3.8, 4) is 0 Å². The fourth-order valence-corrected chi connectivity index (χ4v) is 2.90. The minimum absolute atomic E-state index is 0. The Morgan fingerprint density at radius 3 is 1.11 bits per heavy atom. The number of amides is 4. The Labute approximate surface area is 237 Å². The van der Waals surface area contributed by atoms with E-state index >= 15 is 0 Å². The summed E-state index contributed by atoms with van der Waals surface area (Å²) in [6, 6.07) is -0.524. The van der Waals surface area contributed by atoms with Crippen LogP contribution in [0.15, 0.2) is 0 Å². The number of carbonyl (C=O) groups is 2. The van der Waals surface area contributed by atoms with E-state index in [2.05, 4.69) is 35.5 Å². The summed E-state index contributed by atoms with van der Waals surface area (Å²) in [6.45, 7) is 5.20. The number of urea groups is 2. The van der Waals surface area contributed by atoms with Crippen LogP contribution in [0.2, 0.25) is 0 Å². The van der Waals surface area contributed by atoms with Gasteiger partial charge < -0.3 is 40.6 Å². The van der Waals surface area contributed by atoms with Crippen LogP contribution >= 0.6 is 0 Å². The summed E-state index contributed by atoms with van der Waals surface area (Å²) in [5.41, 5.74) is 0. The summed E-state index contributed by atoms with van der Waals surface area (Å²) in [4.78, 5) is 31.2. The first-order valence-electron chi connectivity index (χ1n) is 9.99. The Morgan fingerprint density at radius 2 is 0.914 bits per heavy atom. The average molecular weight is 586 g/mol. The van der Waals surface area contributed by atoms with Gasteiger partial charge in [0, 0.05) is 67.3 Å². The molecule has 0 aliphatic carbocycles. The van der Waals surface area contributed by atoms with Crippen molar-refractivity contribution >= 4 is 12.1 Å². The number of fused-ring (bicyclic) bond motifs is 1. The average Bonchev–Trinajstić information content (AvgIpc) is 3.21. The molecular weight excluding hydrogens is 541 g/mol. The Bertz CT molecular complexity index is 501. The van der Waals surface area contributed by atoms with Gasteiger partial charge in [-0.15, -0.1) is 0 Å². The maximum atomic E-state index is 12.7. The maximum absolute atomic E-state index is 12.7. The fourth-order valence-electron chi connectivity index (χ4n) is 2.90. The van der Waals surface area contributed by atoms with Crippen LogP contribution in [0.5, 0.6) is 0 Å². The molecule has 2 saturated heterocycles. The van der Waals surface area contributed by atoms with Crippen molar-refractivity contribution in [2.24, 2.45) is 0 Å². The third-order valence-electron chi connectivity index (χ3n) is 3.97. The van der Waals surface area contributed by atoms with Gasteiger partial charge in [-0.05, 0) is 28.1 Å². The molecule has 2 atom stereocenters. The number of nitrogens with zero attached hydrogens (tertiary/aromatic N) is 4. The van der Waals surface area contributed by atoms with Crippen molar-refractivity contribution in [1.82, 2.24) is 19.6 Å². The first-order chi connectivity index (χ1) is 15.9. The summed E-state index contributed by atoms with van der Waals surface area (Å²) in [7, 11) is 16.6. The van der Waals surface area contributed by atoms with E-state index in [0.717, 1.165) is 0 Å². The van der Waals surface area contributed by atoms with E-state index in [9.17, 15) is 9.59 Å². The van der Waals surface area contributed by atoms with Crippen LogP contribution in [-0.2, 0) is 65.9 Å². The summed E-state index contributed by atoms with van der Waals surface area (Å²) in [6.07, 6.45) is -1.04. The molecule has 14 heteroatoms. The molecule has 2 rings (SSSR count). The minimum atomic E-state index is -0.523. The van der Waals surface area contributed by atoms with Gasteiger partial charge in [0.05, 0.1) is 0 Å². The smallest absolute Gasteiger partial charge is 0.327 e. The molecule has 35 heavy (non-hydrogen) atoms. The van der Waals surface area contributed by atoms with Crippen molar-refractivity contribution in [2.45, 2.75) is 26.2 Å². The Morgan fingerprint density at radius 1 is 0.657 bits per heavy atom. The molecule has 2 heterocycles. The van der Waals surface area contributed by atoms with Gasteiger partial charge in [0.2, 0.25) is 0 Å². The molecule has 2 aliphatic heterocycles. The van der Waals surface area contributed by atoms with E-state index < -0.39 is 12.3 Å². The van der Waals surface area contributed by atoms with Crippen molar-refractivity contribution in [3.05, 3.63) is 28.8 Å². The molecule has 2 unspecified atom stereocenters. The summed E-state index contributed by atoms with van der Waals surface area (Å²) >= 11 is 0. The van der Waals surface area contributed by atoms with Crippen LogP contribution in [0.25, 0.3) is 0 Å². The van der Waals surface area contributed by atoms with Crippen molar-refractivity contribution in [2.75, 3.05) is 75.7 Å². The van der Waals surface area contributed by atoms with Crippen LogP contribution in [0.4, 0.5) is 9.59 Å². The molecule has 209 valence electrons. The van der Waals surface area contributed by atoms with Crippen molar-refractivity contribution < 1.29 is 75.5 Å². The fraction of sp³-hybridized carbons (Fsp3) is 0.714. The van der Waals surface area contributed by atoms with Gasteiger partial charge in [-0.2, -0.15) is 0 Å². The van der Waals surface area contributed by atoms with Gasteiger partial charge in [0.15, 0.2) is 12.3 Å². The summed E-state index contributed by atoms with van der Waals surface area (Å²) < 4.78 is 33.0. The van der Waals surface area contributed by atoms with Crippen LogP contribution in [0.3, 0.4) is 0 Å². The van der Waals surface area contributed by atoms with E-state index in [1.54, 1.807) is 0 Å². The number of carbonyl (C=O) groups excluding carboxylic acids is 2. The van der Waals surface area contributed by atoms with Crippen LogP contribution in [0, 0.1) is 28.8 Å². The van der Waals surface area contributed by atoms with Gasteiger partial charge in [-0.25, -0.2) is 30.9 Å². The van der Waals surface area contributed by atoms with Gasteiger partial charge in [0.25, 0.3) is 0 Å². The van der Waals surface area contributed by atoms with E-state index in [4.69, 9.17) is 18.9 Å². The number of ether oxygens (including phenoxy) is 7. The maximum Gasteiger partial charge on any atom is 0.327 e. The normalized spacial score (nSPS) is 17.8. The van der Waals surface area contributed by atoms with Crippen LogP contribution in [-0.4, -0.2) is 120 Å². The van der Waals surface area contributed by atoms with E-state index in [1.165, 1.54) is 55.1 Å². The molecule has 13 nitrogen and oxygen atoms in total. The first kappa shape index (κ1) is 41.5. The standard InChI is InChI=1S/C13H24N4O6.C3H7O.2C2H5O.CH3.Y/c1-5-23-9-17-11-10(15(7-21-3)13(17)19)14(6-20-2)12(18)16(11)8-22-4;1-3-4-2;2*1-3-2;;/h10-11H,5-9H2,1-4H3;2-3H2,1H3;2*1H2,2H3;1H3;/q;4*-1;. The molecule has 0 aromatic heterocycles. The van der Waals surface area contributed by atoms with Gasteiger partial charge in [-0.1, -0.05) is 0 Å². The number of rotatable bonds is 10. The topological polar surface area (TPSA) is 112 Å². The molecule has 0 spiro atoms. The Kier molecular flexibility index (Phi) is 31.3. The van der Waals surface area contributed by atoms with Crippen LogP contribution in [0.1, 0.15) is 13.8 Å². The van der Waals surface area contributed by atoms with Gasteiger partial charge in [-0.3, -0.25) is 19.6 Å². The number of hydrogen-bond acceptors (Lipinski definition) is 9.